The Hall–Kier alpha value is -0.270. The van der Waals surface area contributed by atoms with E-state index in [0.29, 0.717) is 3.70 Å². The first-order valence-electron chi connectivity index (χ1n) is 3.44. The maximum atomic E-state index is 12.4. The Morgan fingerprint density at radius 2 is 1.92 bits per heavy atom. The van der Waals surface area contributed by atoms with Crippen LogP contribution in [0.1, 0.15) is 19.6 Å². The van der Waals surface area contributed by atoms with Crippen LogP contribution < -0.4 is 0 Å². The summed E-state index contributed by atoms with van der Waals surface area (Å²) in [4.78, 5) is 0. The van der Waals surface area contributed by atoms with Crippen LogP contribution in [-0.4, -0.2) is 11.3 Å². The van der Waals surface area contributed by atoms with Crippen LogP contribution in [0.3, 0.4) is 0 Å². The van der Waals surface area contributed by atoms with Crippen LogP contribution in [0.4, 0.5) is 13.2 Å². The van der Waals surface area contributed by atoms with E-state index in [1.165, 1.54) is 6.07 Å². The normalized spacial score (nSPS) is 13.4. The second-order valence-electron chi connectivity index (χ2n) is 3.14. The van der Waals surface area contributed by atoms with E-state index >= 15 is 0 Å². The van der Waals surface area contributed by atoms with Crippen molar-refractivity contribution in [1.29, 1.82) is 0 Å². The first-order chi connectivity index (χ1) is 5.75. The molecule has 0 bridgehead atoms. The fraction of sp³-hybridized carbons (Fsp3) is 0.571. The highest BCUT2D eigenvalue weighted by Gasteiger charge is 2.51. The Bertz CT molecular complexity index is 305. The van der Waals surface area contributed by atoms with Gasteiger partial charge in [-0.25, -0.2) is 0 Å². The summed E-state index contributed by atoms with van der Waals surface area (Å²) < 4.78 is 42.3. The van der Waals surface area contributed by atoms with E-state index in [0.717, 1.165) is 13.8 Å². The van der Waals surface area contributed by atoms with Crippen LogP contribution in [0.2, 0.25) is 0 Å². The van der Waals surface area contributed by atoms with Crippen LogP contribution >= 0.6 is 22.6 Å². The largest absolute Gasteiger partial charge is 0.401 e. The van der Waals surface area contributed by atoms with E-state index in [1.54, 1.807) is 22.6 Å². The number of aromatic nitrogens is 1. The lowest BCUT2D eigenvalue weighted by Gasteiger charge is -2.24. The minimum atomic E-state index is -4.32. The quantitative estimate of drug-likeness (QED) is 0.745. The standard InChI is InChI=1S/C7H7F3INO/c1-6(2,7(8,9)10)4-3-5(11)12-13-4/h3H,1-2H3. The predicted molar refractivity (Wildman–Crippen MR) is 48.3 cm³/mol. The fourth-order valence-corrected chi connectivity index (χ4v) is 1.07. The van der Waals surface area contributed by atoms with Crippen molar-refractivity contribution in [3.8, 4) is 0 Å². The van der Waals surface area contributed by atoms with Crippen molar-refractivity contribution in [2.24, 2.45) is 0 Å². The second kappa shape index (κ2) is 3.14. The molecule has 0 aliphatic rings. The van der Waals surface area contributed by atoms with Gasteiger partial charge in [0, 0.05) is 6.07 Å². The summed E-state index contributed by atoms with van der Waals surface area (Å²) in [6, 6.07) is 1.29. The average molecular weight is 305 g/mol. The molecule has 0 amide bonds. The first kappa shape index (κ1) is 10.8. The summed E-state index contributed by atoms with van der Waals surface area (Å²) in [5.74, 6) is -0.163. The van der Waals surface area contributed by atoms with Gasteiger partial charge >= 0.3 is 6.18 Å². The molecule has 0 radical (unpaired) electrons. The van der Waals surface area contributed by atoms with Crippen LogP contribution in [0, 0.1) is 3.70 Å². The van der Waals surface area contributed by atoms with Gasteiger partial charge in [0.05, 0.1) is 0 Å². The molecule has 0 saturated heterocycles. The van der Waals surface area contributed by atoms with Gasteiger partial charge in [-0.1, -0.05) is 5.16 Å². The van der Waals surface area contributed by atoms with Gasteiger partial charge in [0.15, 0.2) is 5.76 Å². The topological polar surface area (TPSA) is 26.0 Å². The molecule has 1 aromatic rings. The Kier molecular flexibility index (Phi) is 2.61. The molecule has 2 nitrogen and oxygen atoms in total. The summed E-state index contributed by atoms with van der Waals surface area (Å²) in [6.07, 6.45) is -4.32. The third-order valence-corrected chi connectivity index (χ3v) is 2.31. The molecule has 0 N–H and O–H groups in total. The molecule has 0 aliphatic carbocycles. The Morgan fingerprint density at radius 1 is 1.38 bits per heavy atom. The molecule has 0 aliphatic heterocycles. The van der Waals surface area contributed by atoms with E-state index in [4.69, 9.17) is 0 Å². The second-order valence-corrected chi connectivity index (χ2v) is 4.24. The maximum absolute atomic E-state index is 12.4. The van der Waals surface area contributed by atoms with Crippen molar-refractivity contribution in [1.82, 2.24) is 5.16 Å². The Morgan fingerprint density at radius 3 is 2.23 bits per heavy atom. The Labute approximate surface area is 86.6 Å². The molecular weight excluding hydrogens is 298 g/mol. The molecule has 1 aromatic heterocycles. The summed E-state index contributed by atoms with van der Waals surface area (Å²) in [5, 5.41) is 3.41. The van der Waals surface area contributed by atoms with Gasteiger partial charge in [0.1, 0.15) is 9.12 Å². The first-order valence-corrected chi connectivity index (χ1v) is 4.52. The SMILES string of the molecule is CC(C)(c1cc(I)no1)C(F)(F)F. The highest BCUT2D eigenvalue weighted by Crippen LogP contribution is 2.40. The fourth-order valence-electron chi connectivity index (χ4n) is 0.688. The number of halogens is 4. The number of hydrogen-bond donors (Lipinski definition) is 0. The van der Waals surface area contributed by atoms with Crippen LogP contribution in [0.5, 0.6) is 0 Å². The van der Waals surface area contributed by atoms with Crippen molar-refractivity contribution in [3.05, 3.63) is 15.5 Å². The summed E-state index contributed by atoms with van der Waals surface area (Å²) in [5.41, 5.74) is -1.98. The van der Waals surface area contributed by atoms with Crippen molar-refractivity contribution in [3.63, 3.8) is 0 Å². The van der Waals surface area contributed by atoms with Crippen molar-refractivity contribution in [2.45, 2.75) is 25.4 Å². The van der Waals surface area contributed by atoms with E-state index in [9.17, 15) is 13.2 Å². The van der Waals surface area contributed by atoms with Gasteiger partial charge in [0.25, 0.3) is 0 Å². The molecule has 0 spiro atoms. The van der Waals surface area contributed by atoms with Gasteiger partial charge in [-0.2, -0.15) is 13.2 Å². The zero-order valence-corrected chi connectivity index (χ0v) is 9.10. The van der Waals surface area contributed by atoms with Crippen molar-refractivity contribution in [2.75, 3.05) is 0 Å². The van der Waals surface area contributed by atoms with Gasteiger partial charge in [-0.15, -0.1) is 0 Å². The monoisotopic (exact) mass is 305 g/mol. The van der Waals surface area contributed by atoms with E-state index < -0.39 is 11.6 Å². The minimum absolute atomic E-state index is 0.163. The molecule has 1 heterocycles. The molecule has 0 fully saturated rings. The molecule has 13 heavy (non-hydrogen) atoms. The van der Waals surface area contributed by atoms with Crippen LogP contribution in [0.15, 0.2) is 10.6 Å². The lowest BCUT2D eigenvalue weighted by atomic mass is 9.90. The highest BCUT2D eigenvalue weighted by atomic mass is 127. The molecule has 0 saturated carbocycles. The molecule has 0 unspecified atom stereocenters. The molecule has 0 atom stereocenters. The molecule has 74 valence electrons. The number of nitrogens with zero attached hydrogens (tertiary/aromatic N) is 1. The van der Waals surface area contributed by atoms with Gasteiger partial charge < -0.3 is 4.52 Å². The summed E-state index contributed by atoms with van der Waals surface area (Å²) >= 11 is 1.80. The number of alkyl halides is 3. The van der Waals surface area contributed by atoms with Gasteiger partial charge in [-0.05, 0) is 36.4 Å². The molecular formula is C7H7F3INO. The van der Waals surface area contributed by atoms with Crippen LogP contribution in [0.25, 0.3) is 0 Å². The average Bonchev–Trinajstić information content (AvgIpc) is 2.33. The van der Waals surface area contributed by atoms with Crippen molar-refractivity contribution < 1.29 is 17.7 Å². The summed E-state index contributed by atoms with van der Waals surface area (Å²) in [7, 11) is 0. The molecule has 1 rings (SSSR count). The lowest BCUT2D eigenvalue weighted by molar-refractivity contribution is -0.185. The Balaban J connectivity index is 3.07. The third kappa shape index (κ3) is 1.97. The van der Waals surface area contributed by atoms with E-state index in [1.807, 2.05) is 0 Å². The number of hydrogen-bond acceptors (Lipinski definition) is 2. The third-order valence-electron chi connectivity index (χ3n) is 1.81. The summed E-state index contributed by atoms with van der Waals surface area (Å²) in [6.45, 7) is 2.12. The minimum Gasteiger partial charge on any atom is -0.359 e. The lowest BCUT2D eigenvalue weighted by Crippen LogP contribution is -2.35. The van der Waals surface area contributed by atoms with E-state index in [-0.39, 0.29) is 5.76 Å². The predicted octanol–water partition coefficient (Wildman–Crippen LogP) is 3.12. The zero-order chi connectivity index (χ0) is 10.3. The smallest absolute Gasteiger partial charge is 0.359 e. The zero-order valence-electron chi connectivity index (χ0n) is 6.94. The van der Waals surface area contributed by atoms with Gasteiger partial charge in [-0.3, -0.25) is 0 Å². The van der Waals surface area contributed by atoms with Gasteiger partial charge in [0.2, 0.25) is 0 Å². The maximum Gasteiger partial charge on any atom is 0.401 e. The van der Waals surface area contributed by atoms with Crippen LogP contribution in [-0.2, 0) is 5.41 Å². The number of rotatable bonds is 1. The highest BCUT2D eigenvalue weighted by molar-refractivity contribution is 14.1. The molecule has 6 heteroatoms. The van der Waals surface area contributed by atoms with E-state index in [2.05, 4.69) is 9.68 Å². The molecule has 0 aromatic carbocycles. The van der Waals surface area contributed by atoms with Crippen molar-refractivity contribution >= 4 is 22.6 Å².